The molecule has 3 saturated heterocycles. The fraction of sp³-hybridized carbons (Fsp3) is 0.522. The molecular formula is C23H32N2O2Si. The molecule has 28 heavy (non-hydrogen) atoms. The molecule has 3 aliphatic heterocycles. The van der Waals surface area contributed by atoms with E-state index in [1.165, 1.54) is 18.4 Å². The number of benzene rings is 1. The van der Waals surface area contributed by atoms with Crippen LogP contribution in [-0.2, 0) is 4.43 Å². The molecule has 0 radical (unpaired) electrons. The number of rotatable bonds is 6. The Balaban J connectivity index is 1.78. The summed E-state index contributed by atoms with van der Waals surface area (Å²) in [5, 5.41) is 1.15. The molecule has 4 heterocycles. The molecule has 1 aromatic heterocycles. The number of hydrogen-bond donors (Lipinski definition) is 0. The second-order valence-electron chi connectivity index (χ2n) is 9.18. The zero-order valence-electron chi connectivity index (χ0n) is 17.5. The first kappa shape index (κ1) is 19.6. The number of ether oxygens (including phenoxy) is 1. The monoisotopic (exact) mass is 396 g/mol. The molecule has 3 aliphatic rings. The molecule has 5 heteroatoms. The van der Waals surface area contributed by atoms with Crippen LogP contribution in [0.1, 0.15) is 24.5 Å². The van der Waals surface area contributed by atoms with E-state index >= 15 is 0 Å². The Morgan fingerprint density at radius 1 is 1.29 bits per heavy atom. The third kappa shape index (κ3) is 3.75. The summed E-state index contributed by atoms with van der Waals surface area (Å²) in [4.78, 5) is 7.23. The molecule has 4 nitrogen and oxygen atoms in total. The van der Waals surface area contributed by atoms with E-state index in [2.05, 4.69) is 54.3 Å². The van der Waals surface area contributed by atoms with E-state index in [9.17, 15) is 0 Å². The molecular weight excluding hydrogens is 364 g/mol. The van der Waals surface area contributed by atoms with Crippen molar-refractivity contribution in [2.45, 2.75) is 44.6 Å². The van der Waals surface area contributed by atoms with Gasteiger partial charge in [0, 0.05) is 24.2 Å². The Bertz CT molecular complexity index is 863. The summed E-state index contributed by atoms with van der Waals surface area (Å²) in [7, 11) is -0.0309. The number of methoxy groups -OCH3 is 1. The van der Waals surface area contributed by atoms with Gasteiger partial charge in [0.05, 0.1) is 18.7 Å². The molecule has 3 fully saturated rings. The Hall–Kier alpha value is -1.69. The quantitative estimate of drug-likeness (QED) is 0.506. The number of fused-ring (bicyclic) bond motifs is 4. The van der Waals surface area contributed by atoms with Gasteiger partial charge < -0.3 is 9.16 Å². The molecule has 2 bridgehead atoms. The molecule has 5 rings (SSSR count). The number of pyridine rings is 1. The van der Waals surface area contributed by atoms with E-state index < -0.39 is 8.32 Å². The topological polar surface area (TPSA) is 34.6 Å². The fourth-order valence-corrected chi connectivity index (χ4v) is 5.99. The number of aromatic nitrogens is 1. The van der Waals surface area contributed by atoms with E-state index in [1.54, 1.807) is 7.11 Å². The second kappa shape index (κ2) is 7.62. The van der Waals surface area contributed by atoms with Crippen LogP contribution in [0.3, 0.4) is 0 Å². The minimum absolute atomic E-state index is 0.0674. The summed E-state index contributed by atoms with van der Waals surface area (Å²) in [5.41, 5.74) is 2.25. The first-order valence-corrected chi connectivity index (χ1v) is 13.8. The SMILES string of the molecule is C=CC1CN2CCC1C[C@@H]2[C@H](O[Si](C)(C)C)c1ccnc2ccc(OC)cc12. The maximum Gasteiger partial charge on any atom is 0.184 e. The second-order valence-corrected chi connectivity index (χ2v) is 13.6. The summed E-state index contributed by atoms with van der Waals surface area (Å²) < 4.78 is 12.4. The first-order valence-electron chi connectivity index (χ1n) is 10.4. The van der Waals surface area contributed by atoms with Crippen molar-refractivity contribution < 1.29 is 9.16 Å². The highest BCUT2D eigenvalue weighted by molar-refractivity contribution is 6.69. The van der Waals surface area contributed by atoms with Gasteiger partial charge >= 0.3 is 0 Å². The van der Waals surface area contributed by atoms with Crippen LogP contribution in [0.5, 0.6) is 5.75 Å². The maximum absolute atomic E-state index is 6.87. The van der Waals surface area contributed by atoms with Crippen molar-refractivity contribution in [1.82, 2.24) is 9.88 Å². The van der Waals surface area contributed by atoms with E-state index in [4.69, 9.17) is 9.16 Å². The molecule has 150 valence electrons. The lowest BCUT2D eigenvalue weighted by Crippen LogP contribution is -2.56. The molecule has 0 aliphatic carbocycles. The van der Waals surface area contributed by atoms with E-state index in [-0.39, 0.29) is 6.10 Å². The Labute approximate surface area is 169 Å². The Kier molecular flexibility index (Phi) is 5.34. The zero-order chi connectivity index (χ0) is 19.9. The van der Waals surface area contributed by atoms with E-state index in [0.717, 1.165) is 35.7 Å². The molecule has 0 N–H and O–H groups in total. The van der Waals surface area contributed by atoms with Crippen molar-refractivity contribution in [3.63, 3.8) is 0 Å². The van der Waals surface area contributed by atoms with Crippen LogP contribution in [0.15, 0.2) is 43.1 Å². The largest absolute Gasteiger partial charge is 0.497 e. The van der Waals surface area contributed by atoms with Gasteiger partial charge in [-0.2, -0.15) is 0 Å². The summed E-state index contributed by atoms with van der Waals surface area (Å²) in [6, 6.07) is 8.71. The smallest absolute Gasteiger partial charge is 0.184 e. The van der Waals surface area contributed by atoms with Crippen LogP contribution in [-0.4, -0.2) is 44.4 Å². The van der Waals surface area contributed by atoms with Crippen LogP contribution >= 0.6 is 0 Å². The van der Waals surface area contributed by atoms with E-state index in [1.807, 2.05) is 18.3 Å². The van der Waals surface area contributed by atoms with Gasteiger partial charge in [0.1, 0.15) is 5.75 Å². The lowest BCUT2D eigenvalue weighted by atomic mass is 9.73. The molecule has 2 aromatic rings. The average molecular weight is 397 g/mol. The summed E-state index contributed by atoms with van der Waals surface area (Å²) >= 11 is 0. The number of hydrogen-bond acceptors (Lipinski definition) is 4. The molecule has 3 unspecified atom stereocenters. The third-order valence-corrected chi connectivity index (χ3v) is 7.23. The fourth-order valence-electron chi connectivity index (χ4n) is 4.94. The van der Waals surface area contributed by atoms with Crippen molar-refractivity contribution in [2.24, 2.45) is 11.8 Å². The molecule has 0 amide bonds. The lowest BCUT2D eigenvalue weighted by Gasteiger charge is -2.52. The van der Waals surface area contributed by atoms with Crippen LogP contribution < -0.4 is 4.74 Å². The van der Waals surface area contributed by atoms with Crippen LogP contribution in [0, 0.1) is 11.8 Å². The Morgan fingerprint density at radius 2 is 2.11 bits per heavy atom. The maximum atomic E-state index is 6.87. The number of nitrogens with zero attached hydrogens (tertiary/aromatic N) is 2. The van der Waals surface area contributed by atoms with Crippen LogP contribution in [0.2, 0.25) is 19.6 Å². The van der Waals surface area contributed by atoms with Gasteiger partial charge in [-0.05, 0) is 80.7 Å². The van der Waals surface area contributed by atoms with Gasteiger partial charge in [-0.1, -0.05) is 6.08 Å². The minimum atomic E-state index is -1.75. The first-order chi connectivity index (χ1) is 13.4. The highest BCUT2D eigenvalue weighted by Gasteiger charge is 2.44. The van der Waals surface area contributed by atoms with Crippen LogP contribution in [0.25, 0.3) is 10.9 Å². The van der Waals surface area contributed by atoms with Crippen molar-refractivity contribution in [1.29, 1.82) is 0 Å². The lowest BCUT2D eigenvalue weighted by molar-refractivity contribution is -0.0382. The standard InChI is InChI=1S/C23H32N2O2Si/c1-6-16-15-25-12-10-17(16)13-22(25)23(27-28(3,4)5)19-9-11-24-21-8-7-18(26-2)14-20(19)21/h6-9,11,14,16-17,22-23H,1,10,12-13,15H2,2-5H3/t16?,17?,22-,23-/m1/s1. The van der Waals surface area contributed by atoms with Gasteiger partial charge in [0.2, 0.25) is 0 Å². The highest BCUT2D eigenvalue weighted by Crippen LogP contribution is 2.44. The molecule has 5 atom stereocenters. The van der Waals surface area contributed by atoms with Gasteiger partial charge in [-0.25, -0.2) is 0 Å². The van der Waals surface area contributed by atoms with Gasteiger partial charge in [0.25, 0.3) is 0 Å². The predicted octanol–water partition coefficient (Wildman–Crippen LogP) is 5.03. The van der Waals surface area contributed by atoms with Gasteiger partial charge in [0.15, 0.2) is 8.32 Å². The predicted molar refractivity (Wildman–Crippen MR) is 117 cm³/mol. The van der Waals surface area contributed by atoms with Crippen molar-refractivity contribution in [2.75, 3.05) is 20.2 Å². The normalized spacial score (nSPS) is 28.3. The zero-order valence-corrected chi connectivity index (χ0v) is 18.5. The van der Waals surface area contributed by atoms with E-state index in [0.29, 0.717) is 12.0 Å². The average Bonchev–Trinajstić information content (AvgIpc) is 2.70. The summed E-state index contributed by atoms with van der Waals surface area (Å²) in [5.74, 6) is 2.21. The third-order valence-electron chi connectivity index (χ3n) is 6.27. The molecule has 0 saturated carbocycles. The molecule has 0 spiro atoms. The minimum Gasteiger partial charge on any atom is -0.497 e. The van der Waals surface area contributed by atoms with Crippen molar-refractivity contribution >= 4 is 19.2 Å². The summed E-state index contributed by atoms with van der Waals surface area (Å²) in [6.45, 7) is 13.2. The van der Waals surface area contributed by atoms with Gasteiger partial charge in [-0.3, -0.25) is 9.88 Å². The Morgan fingerprint density at radius 3 is 2.75 bits per heavy atom. The number of piperidine rings is 3. The molecule has 1 aromatic carbocycles. The summed E-state index contributed by atoms with van der Waals surface area (Å²) in [6.07, 6.45) is 6.61. The van der Waals surface area contributed by atoms with Crippen molar-refractivity contribution in [3.8, 4) is 5.75 Å². The van der Waals surface area contributed by atoms with Crippen LogP contribution in [0.4, 0.5) is 0 Å². The van der Waals surface area contributed by atoms with Gasteiger partial charge in [-0.15, -0.1) is 6.58 Å². The van der Waals surface area contributed by atoms with Crippen molar-refractivity contribution in [3.05, 3.63) is 48.7 Å². The highest BCUT2D eigenvalue weighted by atomic mass is 28.4.